The van der Waals surface area contributed by atoms with Crippen molar-refractivity contribution >= 4 is 0 Å². The molecule has 0 aliphatic carbocycles. The molecule has 0 amide bonds. The third kappa shape index (κ3) is 7.60. The molecule has 0 saturated carbocycles. The van der Waals surface area contributed by atoms with Crippen LogP contribution in [0, 0.1) is 0 Å². The topological polar surface area (TPSA) is 44.7 Å². The maximum absolute atomic E-state index is 9.80. The highest BCUT2D eigenvalue weighted by Crippen LogP contribution is 2.00. The van der Waals surface area contributed by atoms with Crippen molar-refractivity contribution in [2.75, 3.05) is 33.3 Å². The Morgan fingerprint density at radius 1 is 1.25 bits per heavy atom. The van der Waals surface area contributed by atoms with E-state index >= 15 is 0 Å². The van der Waals surface area contributed by atoms with Crippen molar-refractivity contribution in [2.45, 2.75) is 32.6 Å². The van der Waals surface area contributed by atoms with Crippen LogP contribution in [0.2, 0.25) is 0 Å². The normalized spacial score (nSPS) is 13.1. The average molecular weight is 280 g/mol. The molecule has 114 valence electrons. The molecule has 0 bridgehead atoms. The van der Waals surface area contributed by atoms with Crippen LogP contribution in [0.25, 0.3) is 0 Å². The van der Waals surface area contributed by atoms with Gasteiger partial charge in [-0.1, -0.05) is 30.3 Å². The summed E-state index contributed by atoms with van der Waals surface area (Å²) in [6.07, 6.45) is -0.455. The summed E-state index contributed by atoms with van der Waals surface area (Å²) in [5.74, 6) is 0. The number of hydrogen-bond donors (Lipinski definition) is 2. The van der Waals surface area contributed by atoms with Gasteiger partial charge in [-0.15, -0.1) is 0 Å². The highest BCUT2D eigenvalue weighted by molar-refractivity contribution is 5.13. The molecule has 0 saturated heterocycles. The second kappa shape index (κ2) is 9.88. The van der Waals surface area contributed by atoms with E-state index in [1.807, 2.05) is 30.3 Å². The van der Waals surface area contributed by atoms with E-state index in [9.17, 15) is 5.11 Å². The van der Waals surface area contributed by atoms with E-state index in [-0.39, 0.29) is 0 Å². The molecule has 0 heterocycles. The average Bonchev–Trinajstić information content (AvgIpc) is 2.44. The standard InChI is InChI=1S/C16H28N2O2/c1-14(2)18(3)10-9-17-11-16(19)13-20-12-15-7-5-4-6-8-15/h4-8,14,16-17,19H,9-13H2,1-3H3. The summed E-state index contributed by atoms with van der Waals surface area (Å²) in [5.41, 5.74) is 1.13. The van der Waals surface area contributed by atoms with E-state index in [2.05, 4.69) is 31.1 Å². The Morgan fingerprint density at radius 2 is 1.95 bits per heavy atom. The lowest BCUT2D eigenvalue weighted by Gasteiger charge is -2.21. The zero-order valence-electron chi connectivity index (χ0n) is 12.9. The minimum atomic E-state index is -0.455. The van der Waals surface area contributed by atoms with Crippen molar-refractivity contribution in [3.05, 3.63) is 35.9 Å². The second-order valence-corrected chi connectivity index (χ2v) is 5.43. The number of benzene rings is 1. The van der Waals surface area contributed by atoms with Crippen LogP contribution in [-0.4, -0.2) is 55.4 Å². The maximum atomic E-state index is 9.80. The predicted octanol–water partition coefficient (Wildman–Crippen LogP) is 1.49. The predicted molar refractivity (Wildman–Crippen MR) is 82.7 cm³/mol. The van der Waals surface area contributed by atoms with Crippen LogP contribution in [0.3, 0.4) is 0 Å². The first kappa shape index (κ1) is 17.1. The first-order valence-electron chi connectivity index (χ1n) is 7.30. The van der Waals surface area contributed by atoms with Gasteiger partial charge in [0.05, 0.1) is 19.3 Å². The monoisotopic (exact) mass is 280 g/mol. The molecular formula is C16H28N2O2. The lowest BCUT2D eigenvalue weighted by Crippen LogP contribution is -2.37. The van der Waals surface area contributed by atoms with E-state index in [1.165, 1.54) is 0 Å². The number of ether oxygens (including phenoxy) is 1. The third-order valence-corrected chi connectivity index (χ3v) is 3.32. The van der Waals surface area contributed by atoms with Crippen LogP contribution >= 0.6 is 0 Å². The Labute approximate surface area is 122 Å². The van der Waals surface area contributed by atoms with Crippen molar-refractivity contribution in [1.82, 2.24) is 10.2 Å². The van der Waals surface area contributed by atoms with Crippen LogP contribution in [0.15, 0.2) is 30.3 Å². The molecule has 1 atom stereocenters. The third-order valence-electron chi connectivity index (χ3n) is 3.32. The van der Waals surface area contributed by atoms with Crippen molar-refractivity contribution in [2.24, 2.45) is 0 Å². The van der Waals surface area contributed by atoms with Crippen molar-refractivity contribution in [3.8, 4) is 0 Å². The number of nitrogens with one attached hydrogen (secondary N) is 1. The van der Waals surface area contributed by atoms with Gasteiger partial charge in [0, 0.05) is 25.7 Å². The molecule has 1 unspecified atom stereocenters. The quantitative estimate of drug-likeness (QED) is 0.638. The van der Waals surface area contributed by atoms with Gasteiger partial charge < -0.3 is 20.1 Å². The smallest absolute Gasteiger partial charge is 0.0897 e. The number of nitrogens with zero attached hydrogens (tertiary/aromatic N) is 1. The fourth-order valence-electron chi connectivity index (χ4n) is 1.73. The summed E-state index contributed by atoms with van der Waals surface area (Å²) in [4.78, 5) is 2.27. The Balaban J connectivity index is 2.02. The summed E-state index contributed by atoms with van der Waals surface area (Å²) in [7, 11) is 2.10. The molecule has 1 aromatic rings. The van der Waals surface area contributed by atoms with E-state index in [1.54, 1.807) is 0 Å². The van der Waals surface area contributed by atoms with Gasteiger partial charge in [0.1, 0.15) is 0 Å². The molecule has 0 spiro atoms. The zero-order chi connectivity index (χ0) is 14.8. The molecule has 20 heavy (non-hydrogen) atoms. The van der Waals surface area contributed by atoms with Gasteiger partial charge in [0.2, 0.25) is 0 Å². The molecule has 0 aliphatic heterocycles. The SMILES string of the molecule is CC(C)N(C)CCNCC(O)COCc1ccccc1. The van der Waals surface area contributed by atoms with E-state index in [0.717, 1.165) is 18.7 Å². The van der Waals surface area contributed by atoms with Gasteiger partial charge in [-0.2, -0.15) is 0 Å². The summed E-state index contributed by atoms with van der Waals surface area (Å²) in [6.45, 7) is 7.69. The van der Waals surface area contributed by atoms with Crippen LogP contribution < -0.4 is 5.32 Å². The number of hydrogen-bond acceptors (Lipinski definition) is 4. The van der Waals surface area contributed by atoms with Crippen LogP contribution in [-0.2, 0) is 11.3 Å². The van der Waals surface area contributed by atoms with Crippen LogP contribution in [0.4, 0.5) is 0 Å². The molecule has 4 nitrogen and oxygen atoms in total. The Bertz CT molecular complexity index is 344. The van der Waals surface area contributed by atoms with Crippen LogP contribution in [0.1, 0.15) is 19.4 Å². The minimum absolute atomic E-state index is 0.363. The largest absolute Gasteiger partial charge is 0.389 e. The van der Waals surface area contributed by atoms with E-state index in [4.69, 9.17) is 4.74 Å². The Hall–Kier alpha value is -0.940. The molecule has 4 heteroatoms. The number of aliphatic hydroxyl groups excluding tert-OH is 1. The van der Waals surface area contributed by atoms with Gasteiger partial charge >= 0.3 is 0 Å². The molecular weight excluding hydrogens is 252 g/mol. The molecule has 2 N–H and O–H groups in total. The summed E-state index contributed by atoms with van der Waals surface area (Å²) in [6, 6.07) is 10.6. The van der Waals surface area contributed by atoms with Crippen LogP contribution in [0.5, 0.6) is 0 Å². The maximum Gasteiger partial charge on any atom is 0.0897 e. The summed E-state index contributed by atoms with van der Waals surface area (Å²) in [5, 5.41) is 13.0. The highest BCUT2D eigenvalue weighted by Gasteiger charge is 2.05. The zero-order valence-corrected chi connectivity index (χ0v) is 12.9. The number of aliphatic hydroxyl groups is 1. The summed E-state index contributed by atoms with van der Waals surface area (Å²) >= 11 is 0. The van der Waals surface area contributed by atoms with Gasteiger partial charge in [0.15, 0.2) is 0 Å². The first-order chi connectivity index (χ1) is 9.59. The summed E-state index contributed by atoms with van der Waals surface area (Å²) < 4.78 is 5.50. The number of likely N-dealkylation sites (N-methyl/N-ethyl adjacent to an activating group) is 1. The second-order valence-electron chi connectivity index (χ2n) is 5.43. The number of rotatable bonds is 10. The molecule has 0 fully saturated rings. The molecule has 0 aliphatic rings. The van der Waals surface area contributed by atoms with Gasteiger partial charge in [-0.05, 0) is 26.5 Å². The van der Waals surface area contributed by atoms with Gasteiger partial charge in [-0.25, -0.2) is 0 Å². The lowest BCUT2D eigenvalue weighted by molar-refractivity contribution is 0.0287. The first-order valence-corrected chi connectivity index (χ1v) is 7.30. The molecule has 0 radical (unpaired) electrons. The minimum Gasteiger partial charge on any atom is -0.389 e. The fourth-order valence-corrected chi connectivity index (χ4v) is 1.73. The molecule has 1 aromatic carbocycles. The highest BCUT2D eigenvalue weighted by atomic mass is 16.5. The molecule has 0 aromatic heterocycles. The Kier molecular flexibility index (Phi) is 8.46. The van der Waals surface area contributed by atoms with E-state index < -0.39 is 6.10 Å². The van der Waals surface area contributed by atoms with Crippen molar-refractivity contribution in [1.29, 1.82) is 0 Å². The fraction of sp³-hybridized carbons (Fsp3) is 0.625. The molecule has 1 rings (SSSR count). The van der Waals surface area contributed by atoms with E-state index in [0.29, 0.717) is 25.8 Å². The van der Waals surface area contributed by atoms with Gasteiger partial charge in [0.25, 0.3) is 0 Å². The van der Waals surface area contributed by atoms with Gasteiger partial charge in [-0.3, -0.25) is 0 Å². The van der Waals surface area contributed by atoms with Crippen molar-refractivity contribution < 1.29 is 9.84 Å². The lowest BCUT2D eigenvalue weighted by atomic mass is 10.2. The Morgan fingerprint density at radius 3 is 2.60 bits per heavy atom. The van der Waals surface area contributed by atoms with Crippen molar-refractivity contribution in [3.63, 3.8) is 0 Å².